The molecule has 0 aromatic heterocycles. The molecule has 130 valence electrons. The van der Waals surface area contributed by atoms with Gasteiger partial charge in [-0.05, 0) is 30.2 Å². The van der Waals surface area contributed by atoms with Crippen LogP contribution in [0, 0.1) is 5.41 Å². The molecule has 1 fully saturated rings. The Bertz CT molecular complexity index is 501. The first-order valence-corrected chi connectivity index (χ1v) is 8.10. The molecule has 1 aromatic carbocycles. The number of hydrogen-bond donors (Lipinski definition) is 2. The minimum absolute atomic E-state index is 0. The summed E-state index contributed by atoms with van der Waals surface area (Å²) >= 11 is 0. The van der Waals surface area contributed by atoms with Crippen molar-refractivity contribution in [3.63, 3.8) is 0 Å². The number of nitrogens with zero attached hydrogens (tertiary/aromatic N) is 1. The zero-order valence-electron chi connectivity index (χ0n) is 14.2. The number of halogens is 1. The highest BCUT2D eigenvalue weighted by atomic mass is 35.5. The zero-order chi connectivity index (χ0) is 16.3. The molecule has 1 amide bonds. The lowest BCUT2D eigenvalue weighted by atomic mass is 9.86. The monoisotopic (exact) mass is 340 g/mol. The van der Waals surface area contributed by atoms with Gasteiger partial charge in [-0.3, -0.25) is 4.79 Å². The Morgan fingerprint density at radius 2 is 1.96 bits per heavy atom. The van der Waals surface area contributed by atoms with Gasteiger partial charge >= 0.3 is 0 Å². The highest BCUT2D eigenvalue weighted by Gasteiger charge is 2.37. The van der Waals surface area contributed by atoms with E-state index in [1.807, 2.05) is 56.0 Å². The predicted octanol–water partition coefficient (Wildman–Crippen LogP) is 2.90. The first kappa shape index (κ1) is 19.9. The number of aliphatic hydroxyl groups excluding tert-OH is 1. The molecule has 0 saturated carbocycles. The van der Waals surface area contributed by atoms with Crippen molar-refractivity contribution in [1.29, 1.82) is 0 Å². The summed E-state index contributed by atoms with van der Waals surface area (Å²) in [6, 6.07) is 9.21. The van der Waals surface area contributed by atoms with E-state index in [1.54, 1.807) is 0 Å². The zero-order valence-corrected chi connectivity index (χ0v) is 15.1. The van der Waals surface area contributed by atoms with Crippen LogP contribution in [0.4, 0.5) is 0 Å². The summed E-state index contributed by atoms with van der Waals surface area (Å²) in [5, 5.41) is 10.4. The van der Waals surface area contributed by atoms with Gasteiger partial charge in [0.25, 0.3) is 0 Å². The Labute approximate surface area is 145 Å². The lowest BCUT2D eigenvalue weighted by Crippen LogP contribution is -2.52. The van der Waals surface area contributed by atoms with Crippen molar-refractivity contribution in [2.24, 2.45) is 11.1 Å². The number of hydrogen-bond acceptors (Lipinski definition) is 3. The second-order valence-corrected chi connectivity index (χ2v) is 7.33. The molecule has 1 aliphatic heterocycles. The summed E-state index contributed by atoms with van der Waals surface area (Å²) < 4.78 is 0. The Morgan fingerprint density at radius 1 is 1.35 bits per heavy atom. The largest absolute Gasteiger partial charge is 0.388 e. The minimum Gasteiger partial charge on any atom is -0.388 e. The van der Waals surface area contributed by atoms with Gasteiger partial charge < -0.3 is 15.7 Å². The molecule has 1 aromatic rings. The Hall–Kier alpha value is -1.10. The van der Waals surface area contributed by atoms with E-state index in [0.29, 0.717) is 6.42 Å². The number of aliphatic hydroxyl groups is 1. The van der Waals surface area contributed by atoms with Crippen molar-refractivity contribution in [2.75, 3.05) is 6.54 Å². The van der Waals surface area contributed by atoms with Gasteiger partial charge in [0, 0.05) is 12.6 Å². The standard InChI is InChI=1S/C18H28N2O2.ClH/c1-18(2,3)16(19)17(22)20-11-7-10-14(20)12-15(21)13-8-5-4-6-9-13;/h4-6,8-9,14-16,21H,7,10-12,19H2,1-3H3;1H/t14?,15?,16-;/m1./s1. The third kappa shape index (κ3) is 4.93. The van der Waals surface area contributed by atoms with Crippen LogP contribution < -0.4 is 5.73 Å². The van der Waals surface area contributed by atoms with Crippen LogP contribution in [0.2, 0.25) is 0 Å². The molecule has 3 N–H and O–H groups in total. The summed E-state index contributed by atoms with van der Waals surface area (Å²) in [4.78, 5) is 14.5. The van der Waals surface area contributed by atoms with E-state index in [4.69, 9.17) is 5.73 Å². The molecular weight excluding hydrogens is 312 g/mol. The lowest BCUT2D eigenvalue weighted by Gasteiger charge is -2.33. The second-order valence-electron chi connectivity index (χ2n) is 7.33. The minimum atomic E-state index is -0.537. The summed E-state index contributed by atoms with van der Waals surface area (Å²) in [6.45, 7) is 6.70. The number of carbonyl (C=O) groups is 1. The van der Waals surface area contributed by atoms with Crippen LogP contribution in [0.15, 0.2) is 30.3 Å². The molecular formula is C18H29ClN2O2. The van der Waals surface area contributed by atoms with E-state index < -0.39 is 12.1 Å². The van der Waals surface area contributed by atoms with Gasteiger partial charge in [-0.25, -0.2) is 0 Å². The molecule has 0 radical (unpaired) electrons. The molecule has 5 heteroatoms. The van der Waals surface area contributed by atoms with E-state index in [0.717, 1.165) is 24.9 Å². The van der Waals surface area contributed by atoms with Gasteiger partial charge in [-0.2, -0.15) is 0 Å². The van der Waals surface area contributed by atoms with Crippen LogP contribution in [-0.2, 0) is 4.79 Å². The molecule has 0 aliphatic carbocycles. The average Bonchev–Trinajstić information content (AvgIpc) is 2.93. The molecule has 3 atom stereocenters. The second kappa shape index (κ2) is 8.13. The highest BCUT2D eigenvalue weighted by molar-refractivity contribution is 5.85. The van der Waals surface area contributed by atoms with Crippen molar-refractivity contribution >= 4 is 18.3 Å². The smallest absolute Gasteiger partial charge is 0.240 e. The number of nitrogens with two attached hydrogens (primary N) is 1. The summed E-state index contributed by atoms with van der Waals surface area (Å²) in [5.74, 6) is 0.00950. The van der Waals surface area contributed by atoms with Gasteiger partial charge in [-0.1, -0.05) is 51.1 Å². The Morgan fingerprint density at radius 3 is 2.52 bits per heavy atom. The number of rotatable bonds is 4. The lowest BCUT2D eigenvalue weighted by molar-refractivity contribution is -0.136. The quantitative estimate of drug-likeness (QED) is 0.885. The van der Waals surface area contributed by atoms with E-state index in [-0.39, 0.29) is 29.8 Å². The molecule has 2 rings (SSSR count). The van der Waals surface area contributed by atoms with Crippen LogP contribution in [-0.4, -0.2) is 34.5 Å². The number of benzene rings is 1. The fourth-order valence-corrected chi connectivity index (χ4v) is 2.99. The fraction of sp³-hybridized carbons (Fsp3) is 0.611. The van der Waals surface area contributed by atoms with Gasteiger partial charge in [-0.15, -0.1) is 12.4 Å². The molecule has 1 heterocycles. The van der Waals surface area contributed by atoms with Gasteiger partial charge in [0.15, 0.2) is 0 Å². The summed E-state index contributed by atoms with van der Waals surface area (Å²) in [6.07, 6.45) is 1.96. The van der Waals surface area contributed by atoms with Crippen LogP contribution in [0.3, 0.4) is 0 Å². The third-order valence-corrected chi connectivity index (χ3v) is 4.54. The van der Waals surface area contributed by atoms with Crippen molar-refractivity contribution in [2.45, 2.75) is 58.2 Å². The van der Waals surface area contributed by atoms with E-state index in [9.17, 15) is 9.90 Å². The molecule has 0 bridgehead atoms. The predicted molar refractivity (Wildman–Crippen MR) is 95.4 cm³/mol. The normalized spacial score (nSPS) is 20.7. The number of amides is 1. The Balaban J connectivity index is 0.00000264. The maximum absolute atomic E-state index is 12.6. The first-order chi connectivity index (χ1) is 10.3. The fourth-order valence-electron chi connectivity index (χ4n) is 2.99. The highest BCUT2D eigenvalue weighted by Crippen LogP contribution is 2.29. The Kier molecular flexibility index (Phi) is 7.05. The maximum atomic E-state index is 12.6. The molecule has 1 aliphatic rings. The van der Waals surface area contributed by atoms with Gasteiger partial charge in [0.05, 0.1) is 12.1 Å². The van der Waals surface area contributed by atoms with E-state index in [2.05, 4.69) is 0 Å². The maximum Gasteiger partial charge on any atom is 0.240 e. The molecule has 0 spiro atoms. The van der Waals surface area contributed by atoms with Crippen molar-refractivity contribution in [1.82, 2.24) is 4.90 Å². The summed E-state index contributed by atoms with van der Waals surface area (Å²) in [5.41, 5.74) is 6.78. The van der Waals surface area contributed by atoms with E-state index >= 15 is 0 Å². The van der Waals surface area contributed by atoms with Crippen molar-refractivity contribution in [3.8, 4) is 0 Å². The topological polar surface area (TPSA) is 66.6 Å². The van der Waals surface area contributed by atoms with Crippen LogP contribution in [0.25, 0.3) is 0 Å². The van der Waals surface area contributed by atoms with Crippen molar-refractivity contribution in [3.05, 3.63) is 35.9 Å². The number of likely N-dealkylation sites (tertiary alicyclic amines) is 1. The van der Waals surface area contributed by atoms with Crippen LogP contribution in [0.1, 0.15) is 51.7 Å². The first-order valence-electron chi connectivity index (χ1n) is 8.10. The molecule has 23 heavy (non-hydrogen) atoms. The van der Waals surface area contributed by atoms with Gasteiger partial charge in [0.2, 0.25) is 5.91 Å². The SMILES string of the molecule is CC(C)(C)[C@H](N)C(=O)N1CCCC1CC(O)c1ccccc1.Cl. The third-order valence-electron chi connectivity index (χ3n) is 4.54. The van der Waals surface area contributed by atoms with E-state index in [1.165, 1.54) is 0 Å². The van der Waals surface area contributed by atoms with Crippen LogP contribution >= 0.6 is 12.4 Å². The molecule has 2 unspecified atom stereocenters. The van der Waals surface area contributed by atoms with Gasteiger partial charge in [0.1, 0.15) is 0 Å². The molecule has 4 nitrogen and oxygen atoms in total. The number of carbonyl (C=O) groups excluding carboxylic acids is 1. The van der Waals surface area contributed by atoms with Crippen molar-refractivity contribution < 1.29 is 9.90 Å². The average molecular weight is 341 g/mol. The van der Waals surface area contributed by atoms with Crippen LogP contribution in [0.5, 0.6) is 0 Å². The summed E-state index contributed by atoms with van der Waals surface area (Å²) in [7, 11) is 0. The molecule has 1 saturated heterocycles.